The zero-order valence-electron chi connectivity index (χ0n) is 14.9. The lowest BCUT2D eigenvalue weighted by molar-refractivity contribution is -0.157. The van der Waals surface area contributed by atoms with Gasteiger partial charge in [-0.25, -0.2) is 4.79 Å². The number of halogens is 1. The highest BCUT2D eigenvalue weighted by Crippen LogP contribution is 2.25. The molecule has 0 bridgehead atoms. The molecule has 2 rings (SSSR count). The Bertz CT molecular complexity index is 572. The third kappa shape index (κ3) is 6.30. The largest absolute Gasteiger partial charge is 0.482 e. The van der Waals surface area contributed by atoms with Crippen LogP contribution in [0.25, 0.3) is 0 Å². The van der Waals surface area contributed by atoms with E-state index in [1.807, 2.05) is 32.9 Å². The maximum atomic E-state index is 11.9. The van der Waals surface area contributed by atoms with Gasteiger partial charge in [0.05, 0.1) is 0 Å². The van der Waals surface area contributed by atoms with Gasteiger partial charge in [0.1, 0.15) is 11.4 Å². The number of benzene rings is 1. The number of hydrogen-bond donors (Lipinski definition) is 1. The van der Waals surface area contributed by atoms with Gasteiger partial charge in [0, 0.05) is 42.8 Å². The first kappa shape index (κ1) is 19.0. The molecule has 1 aliphatic rings. The molecule has 1 fully saturated rings. The summed E-state index contributed by atoms with van der Waals surface area (Å²) >= 11 is 6.13. The molecule has 1 heterocycles. The minimum absolute atomic E-state index is 0.107. The summed E-state index contributed by atoms with van der Waals surface area (Å²) < 4.78 is 11.0. The summed E-state index contributed by atoms with van der Waals surface area (Å²) in [5.41, 5.74) is 0.473. The van der Waals surface area contributed by atoms with Crippen LogP contribution in [0.4, 0.5) is 0 Å². The summed E-state index contributed by atoms with van der Waals surface area (Å²) in [5, 5.41) is 4.09. The fourth-order valence-corrected chi connectivity index (χ4v) is 2.91. The Morgan fingerprint density at radius 1 is 1.42 bits per heavy atom. The first-order chi connectivity index (χ1) is 11.2. The maximum Gasteiger partial charge on any atom is 0.344 e. The van der Waals surface area contributed by atoms with E-state index in [1.165, 1.54) is 0 Å². The zero-order chi connectivity index (χ0) is 17.7. The van der Waals surface area contributed by atoms with Crippen LogP contribution in [0, 0.1) is 0 Å². The van der Waals surface area contributed by atoms with Crippen LogP contribution in [0.15, 0.2) is 18.2 Å². The fourth-order valence-electron chi connectivity index (χ4n) is 2.72. The molecule has 1 aromatic carbocycles. The van der Waals surface area contributed by atoms with E-state index in [-0.39, 0.29) is 12.6 Å². The monoisotopic (exact) mass is 354 g/mol. The van der Waals surface area contributed by atoms with Crippen molar-refractivity contribution in [2.45, 2.75) is 45.9 Å². The van der Waals surface area contributed by atoms with Crippen LogP contribution < -0.4 is 10.1 Å². The van der Waals surface area contributed by atoms with Crippen molar-refractivity contribution in [2.24, 2.45) is 0 Å². The predicted molar refractivity (Wildman–Crippen MR) is 95.5 cm³/mol. The van der Waals surface area contributed by atoms with Gasteiger partial charge >= 0.3 is 5.97 Å². The van der Waals surface area contributed by atoms with Crippen LogP contribution in [0.3, 0.4) is 0 Å². The van der Waals surface area contributed by atoms with Crippen molar-refractivity contribution in [3.8, 4) is 5.75 Å². The average molecular weight is 355 g/mol. The van der Waals surface area contributed by atoms with Crippen LogP contribution in [-0.4, -0.2) is 48.8 Å². The second-order valence-electron chi connectivity index (χ2n) is 7.22. The number of carbonyl (C=O) groups is 1. The van der Waals surface area contributed by atoms with Crippen molar-refractivity contribution >= 4 is 17.6 Å². The van der Waals surface area contributed by atoms with Gasteiger partial charge in [0.2, 0.25) is 0 Å². The highest BCUT2D eigenvalue weighted by molar-refractivity contribution is 6.30. The number of nitrogens with one attached hydrogen (secondary N) is 1. The summed E-state index contributed by atoms with van der Waals surface area (Å²) in [7, 11) is 0. The molecule has 6 heteroatoms. The molecular weight excluding hydrogens is 328 g/mol. The van der Waals surface area contributed by atoms with Gasteiger partial charge in [0.25, 0.3) is 0 Å². The van der Waals surface area contributed by atoms with Crippen molar-refractivity contribution < 1.29 is 14.3 Å². The Morgan fingerprint density at radius 3 is 2.83 bits per heavy atom. The Balaban J connectivity index is 2.00. The van der Waals surface area contributed by atoms with Crippen molar-refractivity contribution in [2.75, 3.05) is 26.2 Å². The summed E-state index contributed by atoms with van der Waals surface area (Å²) in [6, 6.07) is 5.95. The van der Waals surface area contributed by atoms with Gasteiger partial charge in [-0.2, -0.15) is 0 Å². The van der Waals surface area contributed by atoms with E-state index in [9.17, 15) is 4.79 Å². The molecule has 0 aliphatic carbocycles. The van der Waals surface area contributed by atoms with Gasteiger partial charge in [-0.1, -0.05) is 11.6 Å². The van der Waals surface area contributed by atoms with Crippen LogP contribution >= 0.6 is 11.6 Å². The van der Waals surface area contributed by atoms with E-state index >= 15 is 0 Å². The predicted octanol–water partition coefficient (Wildman–Crippen LogP) is 2.85. The third-order valence-electron chi connectivity index (χ3n) is 3.63. The minimum Gasteiger partial charge on any atom is -0.482 e. The topological polar surface area (TPSA) is 50.8 Å². The van der Waals surface area contributed by atoms with E-state index in [2.05, 4.69) is 17.1 Å². The average Bonchev–Trinajstić information content (AvgIpc) is 2.44. The molecule has 0 unspecified atom stereocenters. The van der Waals surface area contributed by atoms with Gasteiger partial charge < -0.3 is 14.8 Å². The molecule has 0 aromatic heterocycles. The van der Waals surface area contributed by atoms with Crippen LogP contribution in [0.2, 0.25) is 5.02 Å². The molecule has 1 atom stereocenters. The third-order valence-corrected chi connectivity index (χ3v) is 3.87. The minimum atomic E-state index is -0.514. The second-order valence-corrected chi connectivity index (χ2v) is 7.65. The molecular formula is C18H27ClN2O3. The SMILES string of the molecule is C[C@H]1CN(Cc2cc(Cl)ccc2OCC(=O)OC(C)(C)C)CCN1. The fraction of sp³-hybridized carbons (Fsp3) is 0.611. The number of esters is 1. The van der Waals surface area contributed by atoms with Crippen LogP contribution in [0.1, 0.15) is 33.3 Å². The van der Waals surface area contributed by atoms with E-state index in [0.29, 0.717) is 16.8 Å². The Hall–Kier alpha value is -1.30. The molecule has 134 valence electrons. The number of nitrogens with zero attached hydrogens (tertiary/aromatic N) is 1. The molecule has 1 saturated heterocycles. The van der Waals surface area contributed by atoms with E-state index in [0.717, 1.165) is 31.7 Å². The Kier molecular flexibility index (Phi) is 6.49. The Morgan fingerprint density at radius 2 is 2.17 bits per heavy atom. The zero-order valence-corrected chi connectivity index (χ0v) is 15.7. The van der Waals surface area contributed by atoms with Crippen molar-refractivity contribution in [1.82, 2.24) is 10.2 Å². The first-order valence-corrected chi connectivity index (χ1v) is 8.69. The number of rotatable bonds is 5. The molecule has 1 N–H and O–H groups in total. The van der Waals surface area contributed by atoms with E-state index in [4.69, 9.17) is 21.1 Å². The quantitative estimate of drug-likeness (QED) is 0.824. The second kappa shape index (κ2) is 8.19. The molecule has 1 aromatic rings. The molecule has 0 radical (unpaired) electrons. The molecule has 0 spiro atoms. The van der Waals surface area contributed by atoms with Gasteiger partial charge in [-0.3, -0.25) is 4.90 Å². The highest BCUT2D eigenvalue weighted by atomic mass is 35.5. The van der Waals surface area contributed by atoms with Gasteiger partial charge in [0.15, 0.2) is 6.61 Å². The molecule has 0 amide bonds. The summed E-state index contributed by atoms with van der Waals surface area (Å²) in [6.07, 6.45) is 0. The van der Waals surface area contributed by atoms with E-state index < -0.39 is 5.60 Å². The van der Waals surface area contributed by atoms with Crippen molar-refractivity contribution in [3.05, 3.63) is 28.8 Å². The highest BCUT2D eigenvalue weighted by Gasteiger charge is 2.19. The number of hydrogen-bond acceptors (Lipinski definition) is 5. The molecule has 5 nitrogen and oxygen atoms in total. The smallest absolute Gasteiger partial charge is 0.344 e. The van der Waals surface area contributed by atoms with Crippen LogP contribution in [-0.2, 0) is 16.1 Å². The lowest BCUT2D eigenvalue weighted by atomic mass is 10.1. The van der Waals surface area contributed by atoms with Crippen LogP contribution in [0.5, 0.6) is 5.75 Å². The lowest BCUT2D eigenvalue weighted by Gasteiger charge is -2.32. The first-order valence-electron chi connectivity index (χ1n) is 8.32. The number of piperazine rings is 1. The summed E-state index contributed by atoms with van der Waals surface area (Å²) in [5.74, 6) is 0.302. The Labute approximate surface area is 149 Å². The number of ether oxygens (including phenoxy) is 2. The molecule has 1 aliphatic heterocycles. The van der Waals surface area contributed by atoms with E-state index in [1.54, 1.807) is 6.07 Å². The standard InChI is InChI=1S/C18H27ClN2O3/c1-13-10-21(8-7-20-13)11-14-9-15(19)5-6-16(14)23-12-17(22)24-18(2,3)4/h5-6,9,13,20H,7-8,10-12H2,1-4H3/t13-/m0/s1. The van der Waals surface area contributed by atoms with Gasteiger partial charge in [-0.05, 0) is 45.9 Å². The normalized spacial score (nSPS) is 19.1. The van der Waals surface area contributed by atoms with Crippen molar-refractivity contribution in [1.29, 1.82) is 0 Å². The molecule has 0 saturated carbocycles. The van der Waals surface area contributed by atoms with Gasteiger partial charge in [-0.15, -0.1) is 0 Å². The number of carbonyl (C=O) groups excluding carboxylic acids is 1. The van der Waals surface area contributed by atoms with Crippen molar-refractivity contribution in [3.63, 3.8) is 0 Å². The molecule has 24 heavy (non-hydrogen) atoms. The summed E-state index contributed by atoms with van der Waals surface area (Å²) in [4.78, 5) is 14.2. The maximum absolute atomic E-state index is 11.9. The lowest BCUT2D eigenvalue weighted by Crippen LogP contribution is -2.48. The summed E-state index contributed by atoms with van der Waals surface area (Å²) in [6.45, 7) is 11.2.